The van der Waals surface area contributed by atoms with Crippen molar-refractivity contribution in [2.75, 3.05) is 7.11 Å². The number of nitrogens with zero attached hydrogens (tertiary/aromatic N) is 3. The zero-order valence-corrected chi connectivity index (χ0v) is 12.2. The number of aryl methyl sites for hydroxylation is 2. The third kappa shape index (κ3) is 2.94. The Morgan fingerprint density at radius 3 is 2.89 bits per heavy atom. The highest BCUT2D eigenvalue weighted by molar-refractivity contribution is 7.09. The Hall–Kier alpha value is -1.44. The summed E-state index contributed by atoms with van der Waals surface area (Å²) in [7, 11) is 1.64. The molecule has 0 spiro atoms. The number of hydrazine groups is 1. The van der Waals surface area contributed by atoms with Gasteiger partial charge < -0.3 is 4.74 Å². The molecule has 2 aromatic rings. The van der Waals surface area contributed by atoms with Crippen LogP contribution < -0.4 is 16.0 Å². The number of methoxy groups -OCH3 is 1. The molecule has 0 bridgehead atoms. The molecule has 1 unspecified atom stereocenters. The van der Waals surface area contributed by atoms with Crippen LogP contribution in [0, 0.1) is 6.92 Å². The van der Waals surface area contributed by atoms with Crippen molar-refractivity contribution in [1.29, 1.82) is 0 Å². The van der Waals surface area contributed by atoms with E-state index in [-0.39, 0.29) is 6.04 Å². The van der Waals surface area contributed by atoms with Crippen molar-refractivity contribution in [2.24, 2.45) is 5.84 Å². The van der Waals surface area contributed by atoms with Crippen LogP contribution in [0.15, 0.2) is 11.6 Å². The Morgan fingerprint density at radius 2 is 2.37 bits per heavy atom. The molecule has 0 radical (unpaired) electrons. The number of hydrogen-bond donors (Lipinski definition) is 2. The number of hydrogen-bond acceptors (Lipinski definition) is 6. The molecule has 2 rings (SSSR count). The van der Waals surface area contributed by atoms with E-state index in [4.69, 9.17) is 10.6 Å². The fourth-order valence-corrected chi connectivity index (χ4v) is 2.71. The molecule has 104 valence electrons. The molecule has 19 heavy (non-hydrogen) atoms. The Bertz CT molecular complexity index is 514. The lowest BCUT2D eigenvalue weighted by atomic mass is 10.1. The Balaban J connectivity index is 2.28. The number of aromatic nitrogens is 3. The lowest BCUT2D eigenvalue weighted by Gasteiger charge is -2.17. The van der Waals surface area contributed by atoms with Crippen molar-refractivity contribution in [3.8, 4) is 5.75 Å². The van der Waals surface area contributed by atoms with Gasteiger partial charge in [0, 0.05) is 18.3 Å². The van der Waals surface area contributed by atoms with Crippen LogP contribution in [0.5, 0.6) is 5.75 Å². The highest BCUT2D eigenvalue weighted by Gasteiger charge is 2.21. The van der Waals surface area contributed by atoms with Crippen LogP contribution in [0.1, 0.15) is 29.4 Å². The van der Waals surface area contributed by atoms with E-state index < -0.39 is 0 Å². The van der Waals surface area contributed by atoms with Gasteiger partial charge >= 0.3 is 0 Å². The molecule has 1 atom stereocenters. The molecule has 2 aromatic heterocycles. The van der Waals surface area contributed by atoms with Gasteiger partial charge in [0.15, 0.2) is 5.75 Å². The normalized spacial score (nSPS) is 12.6. The van der Waals surface area contributed by atoms with E-state index in [1.807, 2.05) is 18.5 Å². The average Bonchev–Trinajstić information content (AvgIpc) is 3.01. The van der Waals surface area contributed by atoms with E-state index in [1.165, 1.54) is 0 Å². The van der Waals surface area contributed by atoms with Gasteiger partial charge in [-0.3, -0.25) is 16.0 Å². The molecule has 0 amide bonds. The first-order valence-corrected chi connectivity index (χ1v) is 7.04. The maximum Gasteiger partial charge on any atom is 0.161 e. The summed E-state index contributed by atoms with van der Waals surface area (Å²) in [6.45, 7) is 4.80. The first-order chi connectivity index (χ1) is 9.19. The fourth-order valence-electron chi connectivity index (χ4n) is 2.08. The van der Waals surface area contributed by atoms with Crippen molar-refractivity contribution in [3.63, 3.8) is 0 Å². The predicted octanol–water partition coefficient (Wildman–Crippen LogP) is 1.42. The van der Waals surface area contributed by atoms with E-state index in [1.54, 1.807) is 24.6 Å². The number of rotatable bonds is 6. The highest BCUT2D eigenvalue weighted by Crippen LogP contribution is 2.27. The first kappa shape index (κ1) is 14.0. The molecule has 6 nitrogen and oxygen atoms in total. The zero-order valence-electron chi connectivity index (χ0n) is 11.4. The molecule has 0 saturated heterocycles. The van der Waals surface area contributed by atoms with E-state index >= 15 is 0 Å². The monoisotopic (exact) mass is 281 g/mol. The van der Waals surface area contributed by atoms with Crippen LogP contribution in [-0.4, -0.2) is 21.9 Å². The molecule has 0 aliphatic heterocycles. The summed E-state index contributed by atoms with van der Waals surface area (Å²) in [6, 6.07) is -0.0705. The maximum absolute atomic E-state index is 5.69. The Labute approximate surface area is 116 Å². The molecule has 2 heterocycles. The van der Waals surface area contributed by atoms with Crippen LogP contribution in [0.2, 0.25) is 0 Å². The van der Waals surface area contributed by atoms with Gasteiger partial charge in [0.1, 0.15) is 0 Å². The lowest BCUT2D eigenvalue weighted by molar-refractivity contribution is 0.391. The standard InChI is InChI=1S/C12H19N5OS/c1-4-17-12(11(18-3)6-14-17)10(16-13)5-9-7-19-8(2)15-9/h6-7,10,16H,4-5,13H2,1-3H3. The largest absolute Gasteiger partial charge is 0.493 e. The van der Waals surface area contributed by atoms with Crippen molar-refractivity contribution >= 4 is 11.3 Å². The number of nitrogens with two attached hydrogens (primary N) is 1. The minimum atomic E-state index is -0.0705. The number of thiazole rings is 1. The molecule has 0 fully saturated rings. The lowest BCUT2D eigenvalue weighted by Crippen LogP contribution is -2.31. The fraction of sp³-hybridized carbons (Fsp3) is 0.500. The third-order valence-electron chi connectivity index (χ3n) is 2.98. The van der Waals surface area contributed by atoms with Crippen molar-refractivity contribution in [3.05, 3.63) is 28.0 Å². The van der Waals surface area contributed by atoms with E-state index in [9.17, 15) is 0 Å². The second-order valence-corrected chi connectivity index (χ2v) is 5.26. The highest BCUT2D eigenvalue weighted by atomic mass is 32.1. The Morgan fingerprint density at radius 1 is 1.58 bits per heavy atom. The molecule has 0 saturated carbocycles. The quantitative estimate of drug-likeness (QED) is 0.618. The molecule has 0 aliphatic rings. The van der Waals surface area contributed by atoms with Crippen LogP contribution >= 0.6 is 11.3 Å². The van der Waals surface area contributed by atoms with E-state index in [2.05, 4.69) is 20.9 Å². The van der Waals surface area contributed by atoms with Crippen LogP contribution in [0.3, 0.4) is 0 Å². The summed E-state index contributed by atoms with van der Waals surface area (Å²) in [5, 5.41) is 7.41. The van der Waals surface area contributed by atoms with Crippen molar-refractivity contribution in [2.45, 2.75) is 32.9 Å². The molecular weight excluding hydrogens is 262 g/mol. The predicted molar refractivity (Wildman–Crippen MR) is 75.1 cm³/mol. The summed E-state index contributed by atoms with van der Waals surface area (Å²) >= 11 is 1.64. The first-order valence-electron chi connectivity index (χ1n) is 6.16. The Kier molecular flexibility index (Phi) is 4.52. The SMILES string of the molecule is CCn1ncc(OC)c1C(Cc1csc(C)n1)NN. The van der Waals surface area contributed by atoms with E-state index in [0.717, 1.165) is 28.7 Å². The second-order valence-electron chi connectivity index (χ2n) is 4.20. The smallest absolute Gasteiger partial charge is 0.161 e. The van der Waals surface area contributed by atoms with Gasteiger partial charge in [-0.15, -0.1) is 11.3 Å². The zero-order chi connectivity index (χ0) is 13.8. The van der Waals surface area contributed by atoms with Gasteiger partial charge in [-0.2, -0.15) is 5.10 Å². The molecule has 7 heteroatoms. The summed E-state index contributed by atoms with van der Waals surface area (Å²) in [4.78, 5) is 4.47. The molecule has 3 N–H and O–H groups in total. The third-order valence-corrected chi connectivity index (χ3v) is 3.80. The minimum Gasteiger partial charge on any atom is -0.493 e. The number of ether oxygens (including phenoxy) is 1. The number of nitrogens with one attached hydrogen (secondary N) is 1. The van der Waals surface area contributed by atoms with Crippen molar-refractivity contribution < 1.29 is 4.74 Å². The van der Waals surface area contributed by atoms with Gasteiger partial charge in [-0.25, -0.2) is 4.98 Å². The van der Waals surface area contributed by atoms with Crippen molar-refractivity contribution in [1.82, 2.24) is 20.2 Å². The molecular formula is C12H19N5OS. The average molecular weight is 281 g/mol. The summed E-state index contributed by atoms with van der Waals surface area (Å²) in [6.07, 6.45) is 2.43. The van der Waals surface area contributed by atoms with Gasteiger partial charge in [0.05, 0.1) is 35.7 Å². The van der Waals surface area contributed by atoms with Gasteiger partial charge in [0.2, 0.25) is 0 Å². The van der Waals surface area contributed by atoms with Gasteiger partial charge in [-0.05, 0) is 13.8 Å². The van der Waals surface area contributed by atoms with Crippen LogP contribution in [0.25, 0.3) is 0 Å². The molecule has 0 aliphatic carbocycles. The maximum atomic E-state index is 5.69. The summed E-state index contributed by atoms with van der Waals surface area (Å²) < 4.78 is 7.25. The molecule has 0 aromatic carbocycles. The van der Waals surface area contributed by atoms with Gasteiger partial charge in [0.25, 0.3) is 0 Å². The summed E-state index contributed by atoms with van der Waals surface area (Å²) in [5.74, 6) is 6.44. The van der Waals surface area contributed by atoms with Gasteiger partial charge in [-0.1, -0.05) is 0 Å². The topological polar surface area (TPSA) is 78.0 Å². The van der Waals surface area contributed by atoms with Crippen LogP contribution in [0.4, 0.5) is 0 Å². The minimum absolute atomic E-state index is 0.0705. The van der Waals surface area contributed by atoms with Crippen LogP contribution in [-0.2, 0) is 13.0 Å². The second kappa shape index (κ2) is 6.14. The van der Waals surface area contributed by atoms with E-state index in [0.29, 0.717) is 6.42 Å². The summed E-state index contributed by atoms with van der Waals surface area (Å²) in [5.41, 5.74) is 4.82.